The summed E-state index contributed by atoms with van der Waals surface area (Å²) in [6.07, 6.45) is 2.15. The van der Waals surface area contributed by atoms with Crippen LogP contribution in [0.1, 0.15) is 68.4 Å². The van der Waals surface area contributed by atoms with Gasteiger partial charge in [-0.1, -0.05) is 44.2 Å². The second-order valence-electron chi connectivity index (χ2n) is 8.39. The van der Waals surface area contributed by atoms with Crippen LogP contribution in [-0.2, 0) is 20.7 Å². The number of allylic oxidation sites excluding steroid dienone is 3. The molecule has 1 aliphatic heterocycles. The Labute approximate surface area is 204 Å². The first-order valence-electron chi connectivity index (χ1n) is 11.7. The van der Waals surface area contributed by atoms with E-state index in [-0.39, 0.29) is 23.6 Å². The molecule has 1 aliphatic carbocycles. The number of thiophene rings is 1. The molecule has 33 heavy (non-hydrogen) atoms. The van der Waals surface area contributed by atoms with Gasteiger partial charge in [0.05, 0.1) is 22.3 Å². The summed E-state index contributed by atoms with van der Waals surface area (Å²) in [7, 11) is 0. The minimum Gasteiger partial charge on any atom is -0.463 e. The monoisotopic (exact) mass is 481 g/mol. The molecular weight excluding hydrogens is 450 g/mol. The number of carbonyl (C=O) groups is 2. The van der Waals surface area contributed by atoms with Gasteiger partial charge in [0.1, 0.15) is 0 Å². The molecule has 0 spiro atoms. The third-order valence-corrected chi connectivity index (χ3v) is 8.78. The number of benzene rings is 1. The number of carbonyl (C=O) groups excluding carboxylic acids is 2. The number of thioether (sulfide) groups is 1. The molecule has 0 saturated carbocycles. The summed E-state index contributed by atoms with van der Waals surface area (Å²) >= 11 is 3.57. The average Bonchev–Trinajstić information content (AvgIpc) is 3.21. The molecule has 2 aromatic rings. The Bertz CT molecular complexity index is 1110. The first kappa shape index (κ1) is 23.8. The summed E-state index contributed by atoms with van der Waals surface area (Å²) in [5.41, 5.74) is 5.31. The highest BCUT2D eigenvalue weighted by Crippen LogP contribution is 2.49. The maximum Gasteiger partial charge on any atom is 0.336 e. The minimum absolute atomic E-state index is 0.119. The number of rotatable bonds is 7. The topological polar surface area (TPSA) is 55.4 Å². The number of hydrogen-bond acceptors (Lipinski definition) is 6. The molecule has 6 heteroatoms. The lowest BCUT2D eigenvalue weighted by Gasteiger charge is -2.36. The quantitative estimate of drug-likeness (QED) is 0.369. The predicted molar refractivity (Wildman–Crippen MR) is 136 cm³/mol. The molecule has 0 radical (unpaired) electrons. The van der Waals surface area contributed by atoms with Crippen LogP contribution in [0.2, 0.25) is 0 Å². The lowest BCUT2D eigenvalue weighted by molar-refractivity contribution is -0.138. The Morgan fingerprint density at radius 1 is 1.18 bits per heavy atom. The molecule has 1 N–H and O–H groups in total. The fraction of sp³-hybridized carbons (Fsp3) is 0.407. The van der Waals surface area contributed by atoms with Crippen molar-refractivity contribution in [1.29, 1.82) is 0 Å². The SMILES string of the molecule is CCOC(=O)C1=C(C)NC2=C(C(=O)C[C@@H](c3ccccc3)C2)[C@H]1c1cc(CC)sc1SCC. The van der Waals surface area contributed by atoms with Crippen LogP contribution in [0.4, 0.5) is 0 Å². The molecule has 0 unspecified atom stereocenters. The predicted octanol–water partition coefficient (Wildman–Crippen LogP) is 6.35. The molecule has 2 aliphatic rings. The van der Waals surface area contributed by atoms with E-state index < -0.39 is 0 Å². The van der Waals surface area contributed by atoms with E-state index in [9.17, 15) is 9.59 Å². The Morgan fingerprint density at radius 2 is 1.94 bits per heavy atom. The molecule has 0 bridgehead atoms. The van der Waals surface area contributed by atoms with Gasteiger partial charge in [0, 0.05) is 28.3 Å². The number of aryl methyl sites for hydroxylation is 1. The van der Waals surface area contributed by atoms with Crippen LogP contribution in [0.5, 0.6) is 0 Å². The van der Waals surface area contributed by atoms with Crippen molar-refractivity contribution < 1.29 is 14.3 Å². The molecule has 0 amide bonds. The Morgan fingerprint density at radius 3 is 2.61 bits per heavy atom. The standard InChI is InChI=1S/C27H31NO3S2/c1-5-19-15-20(27(33-19)32-7-3)24-23(26(30)31-6-2)16(4)28-21-13-18(14-22(29)25(21)24)17-11-9-8-10-12-17/h8-12,15,18,24,28H,5-7,13-14H2,1-4H3/t18-,24-/m0/s1. The number of ketones is 1. The van der Waals surface area contributed by atoms with Gasteiger partial charge in [-0.05, 0) is 55.6 Å². The van der Waals surface area contributed by atoms with Crippen LogP contribution in [0.25, 0.3) is 0 Å². The van der Waals surface area contributed by atoms with Gasteiger partial charge in [-0.3, -0.25) is 4.79 Å². The van der Waals surface area contributed by atoms with E-state index in [1.165, 1.54) is 14.6 Å². The van der Waals surface area contributed by atoms with Crippen LogP contribution in [0.15, 0.2) is 63.1 Å². The highest BCUT2D eigenvalue weighted by molar-refractivity contribution is 8.01. The molecule has 2 atom stereocenters. The van der Waals surface area contributed by atoms with Gasteiger partial charge in [0.15, 0.2) is 5.78 Å². The number of Topliss-reactive ketones (excluding diaryl/α,β-unsaturated/α-hetero) is 1. The van der Waals surface area contributed by atoms with E-state index in [0.29, 0.717) is 18.6 Å². The number of dihydropyridines is 1. The van der Waals surface area contributed by atoms with Gasteiger partial charge in [-0.25, -0.2) is 4.79 Å². The minimum atomic E-state index is -0.380. The van der Waals surface area contributed by atoms with Crippen LogP contribution in [-0.4, -0.2) is 24.1 Å². The van der Waals surface area contributed by atoms with Crippen LogP contribution < -0.4 is 5.32 Å². The van der Waals surface area contributed by atoms with Crippen LogP contribution >= 0.6 is 23.1 Å². The Kier molecular flexibility index (Phi) is 7.45. The Balaban J connectivity index is 1.85. The van der Waals surface area contributed by atoms with Crippen molar-refractivity contribution in [3.8, 4) is 0 Å². The van der Waals surface area contributed by atoms with Crippen LogP contribution in [0, 0.1) is 0 Å². The summed E-state index contributed by atoms with van der Waals surface area (Å²) in [6, 6.07) is 12.4. The maximum absolute atomic E-state index is 13.7. The van der Waals surface area contributed by atoms with Crippen molar-refractivity contribution in [2.24, 2.45) is 0 Å². The third-order valence-electron chi connectivity index (χ3n) is 6.30. The summed E-state index contributed by atoms with van der Waals surface area (Å²) in [5.74, 6) is 0.479. The maximum atomic E-state index is 13.7. The van der Waals surface area contributed by atoms with Crippen LogP contribution in [0.3, 0.4) is 0 Å². The second-order valence-corrected chi connectivity index (χ2v) is 11.1. The lowest BCUT2D eigenvalue weighted by atomic mass is 9.72. The van der Waals surface area contributed by atoms with Crippen molar-refractivity contribution in [2.45, 2.75) is 63.0 Å². The van der Waals surface area contributed by atoms with Gasteiger partial charge in [0.25, 0.3) is 0 Å². The largest absolute Gasteiger partial charge is 0.463 e. The normalized spacial score (nSPS) is 20.5. The molecular formula is C27H31NO3S2. The third kappa shape index (κ3) is 4.69. The van der Waals surface area contributed by atoms with Crippen molar-refractivity contribution in [3.05, 3.63) is 74.9 Å². The van der Waals surface area contributed by atoms with Crippen molar-refractivity contribution in [2.75, 3.05) is 12.4 Å². The van der Waals surface area contributed by atoms with Crippen molar-refractivity contribution in [3.63, 3.8) is 0 Å². The molecule has 0 saturated heterocycles. The van der Waals surface area contributed by atoms with E-state index in [1.807, 2.05) is 32.0 Å². The second kappa shape index (κ2) is 10.3. The van der Waals surface area contributed by atoms with E-state index in [2.05, 4.69) is 37.4 Å². The summed E-state index contributed by atoms with van der Waals surface area (Å²) in [5, 5.41) is 3.44. The van der Waals surface area contributed by atoms with E-state index >= 15 is 0 Å². The van der Waals surface area contributed by atoms with Gasteiger partial charge in [-0.15, -0.1) is 23.1 Å². The average molecular weight is 482 g/mol. The van der Waals surface area contributed by atoms with Crippen molar-refractivity contribution in [1.82, 2.24) is 5.32 Å². The molecule has 0 fully saturated rings. The van der Waals surface area contributed by atoms with E-state index in [4.69, 9.17) is 4.74 Å². The molecule has 1 aromatic heterocycles. The van der Waals surface area contributed by atoms with Gasteiger partial charge in [0.2, 0.25) is 0 Å². The number of esters is 1. The zero-order chi connectivity index (χ0) is 23.5. The zero-order valence-corrected chi connectivity index (χ0v) is 21.3. The zero-order valence-electron chi connectivity index (χ0n) is 19.7. The molecule has 4 nitrogen and oxygen atoms in total. The molecule has 1 aromatic carbocycles. The van der Waals surface area contributed by atoms with Gasteiger partial charge >= 0.3 is 5.97 Å². The van der Waals surface area contributed by atoms with Gasteiger partial charge in [-0.2, -0.15) is 0 Å². The first-order valence-corrected chi connectivity index (χ1v) is 13.5. The fourth-order valence-corrected chi connectivity index (χ4v) is 7.23. The molecule has 4 rings (SSSR count). The fourth-order valence-electron chi connectivity index (χ4n) is 4.85. The van der Waals surface area contributed by atoms with Gasteiger partial charge < -0.3 is 10.1 Å². The van der Waals surface area contributed by atoms with E-state index in [1.54, 1.807) is 23.1 Å². The first-order chi connectivity index (χ1) is 16.0. The Hall–Kier alpha value is -2.31. The van der Waals surface area contributed by atoms with E-state index in [0.717, 1.165) is 41.1 Å². The highest BCUT2D eigenvalue weighted by Gasteiger charge is 2.42. The summed E-state index contributed by atoms with van der Waals surface area (Å²) < 4.78 is 6.66. The summed E-state index contributed by atoms with van der Waals surface area (Å²) in [4.78, 5) is 28.1. The highest BCUT2D eigenvalue weighted by atomic mass is 32.2. The smallest absolute Gasteiger partial charge is 0.336 e. The lowest BCUT2D eigenvalue weighted by Crippen LogP contribution is -2.36. The van der Waals surface area contributed by atoms with Crippen molar-refractivity contribution >= 4 is 34.9 Å². The number of nitrogens with one attached hydrogen (secondary N) is 1. The number of hydrogen-bond donors (Lipinski definition) is 1. The molecule has 174 valence electrons. The number of ether oxygens (including phenoxy) is 1. The molecule has 2 heterocycles. The summed E-state index contributed by atoms with van der Waals surface area (Å²) in [6.45, 7) is 8.33.